The summed E-state index contributed by atoms with van der Waals surface area (Å²) in [6.07, 6.45) is 3.50. The molecule has 0 unspecified atom stereocenters. The van der Waals surface area contributed by atoms with Gasteiger partial charge in [-0.05, 0) is 49.1 Å². The van der Waals surface area contributed by atoms with Gasteiger partial charge in [0.25, 0.3) is 5.91 Å². The fourth-order valence-corrected chi connectivity index (χ4v) is 3.49. The topological polar surface area (TPSA) is 54.0 Å². The van der Waals surface area contributed by atoms with Gasteiger partial charge in [0.1, 0.15) is 0 Å². The first kappa shape index (κ1) is 13.0. The molecule has 1 fully saturated rings. The average Bonchev–Trinajstić information content (AvgIpc) is 3.27. The second kappa shape index (κ2) is 5.24. The predicted octanol–water partition coefficient (Wildman–Crippen LogP) is 2.92. The fourth-order valence-electron chi connectivity index (χ4n) is 2.70. The molecule has 0 atom stereocenters. The van der Waals surface area contributed by atoms with E-state index in [-0.39, 0.29) is 5.91 Å². The number of amides is 1. The van der Waals surface area contributed by atoms with Gasteiger partial charge in [-0.25, -0.2) is 4.98 Å². The van der Waals surface area contributed by atoms with Crippen molar-refractivity contribution in [2.24, 2.45) is 0 Å². The lowest BCUT2D eigenvalue weighted by Crippen LogP contribution is -2.24. The molecule has 1 saturated carbocycles. The number of hydrogen-bond donors (Lipinski definition) is 2. The third-order valence-electron chi connectivity index (χ3n) is 4.09. The Balaban J connectivity index is 1.50. The Morgan fingerprint density at radius 2 is 2.24 bits per heavy atom. The summed E-state index contributed by atoms with van der Waals surface area (Å²) < 4.78 is 0. The zero-order chi connectivity index (χ0) is 14.2. The fraction of sp³-hybridized carbons (Fsp3) is 0.375. The van der Waals surface area contributed by atoms with Crippen LogP contribution in [0.3, 0.4) is 0 Å². The predicted molar refractivity (Wildman–Crippen MR) is 83.9 cm³/mol. The van der Waals surface area contributed by atoms with E-state index < -0.39 is 0 Å². The van der Waals surface area contributed by atoms with Gasteiger partial charge in [-0.1, -0.05) is 6.07 Å². The van der Waals surface area contributed by atoms with Gasteiger partial charge in [-0.3, -0.25) is 10.1 Å². The third kappa shape index (κ3) is 2.71. The van der Waals surface area contributed by atoms with Crippen molar-refractivity contribution in [1.82, 2.24) is 10.3 Å². The van der Waals surface area contributed by atoms with Crippen LogP contribution in [0.1, 0.15) is 45.9 Å². The van der Waals surface area contributed by atoms with Gasteiger partial charge in [-0.2, -0.15) is 0 Å². The highest BCUT2D eigenvalue weighted by Crippen LogP contribution is 2.40. The Morgan fingerprint density at radius 3 is 3.10 bits per heavy atom. The quantitative estimate of drug-likeness (QED) is 0.916. The number of carbonyl (C=O) groups is 1. The van der Waals surface area contributed by atoms with Crippen LogP contribution in [0, 0.1) is 0 Å². The number of thiazole rings is 1. The van der Waals surface area contributed by atoms with Crippen LogP contribution in [0.25, 0.3) is 0 Å². The van der Waals surface area contributed by atoms with Gasteiger partial charge < -0.3 is 5.32 Å². The highest BCUT2D eigenvalue weighted by molar-refractivity contribution is 7.14. The summed E-state index contributed by atoms with van der Waals surface area (Å²) in [5.41, 5.74) is 4.41. The minimum absolute atomic E-state index is 0.0694. The van der Waals surface area contributed by atoms with Gasteiger partial charge in [0, 0.05) is 23.4 Å². The van der Waals surface area contributed by atoms with E-state index in [0.717, 1.165) is 25.2 Å². The molecule has 0 saturated heterocycles. The summed E-state index contributed by atoms with van der Waals surface area (Å²) >= 11 is 1.51. The molecule has 1 aliphatic heterocycles. The Hall–Kier alpha value is -1.72. The molecule has 0 bridgehead atoms. The van der Waals surface area contributed by atoms with E-state index in [2.05, 4.69) is 27.1 Å². The van der Waals surface area contributed by atoms with E-state index in [9.17, 15) is 4.79 Å². The molecule has 1 aromatic carbocycles. The van der Waals surface area contributed by atoms with Gasteiger partial charge in [0.2, 0.25) is 0 Å². The van der Waals surface area contributed by atoms with Gasteiger partial charge >= 0.3 is 0 Å². The molecule has 2 aliphatic rings. The second-order valence-electron chi connectivity index (χ2n) is 5.72. The Bertz CT molecular complexity index is 691. The first-order chi connectivity index (χ1) is 10.3. The van der Waals surface area contributed by atoms with Crippen LogP contribution in [0.15, 0.2) is 23.6 Å². The van der Waals surface area contributed by atoms with Gasteiger partial charge in [0.15, 0.2) is 5.13 Å². The van der Waals surface area contributed by atoms with Crippen molar-refractivity contribution in [3.05, 3.63) is 46.0 Å². The lowest BCUT2D eigenvalue weighted by molar-refractivity contribution is 0.102. The van der Waals surface area contributed by atoms with Crippen molar-refractivity contribution in [1.29, 1.82) is 0 Å². The van der Waals surface area contributed by atoms with E-state index in [1.165, 1.54) is 35.3 Å². The van der Waals surface area contributed by atoms with E-state index >= 15 is 0 Å². The van der Waals surface area contributed by atoms with Crippen molar-refractivity contribution in [2.45, 2.75) is 31.7 Å². The molecule has 5 heteroatoms. The molecule has 1 aromatic heterocycles. The van der Waals surface area contributed by atoms with Gasteiger partial charge in [0.05, 0.1) is 5.69 Å². The van der Waals surface area contributed by atoms with Crippen LogP contribution in [0.5, 0.6) is 0 Å². The monoisotopic (exact) mass is 299 g/mol. The van der Waals surface area contributed by atoms with Gasteiger partial charge in [-0.15, -0.1) is 11.3 Å². The SMILES string of the molecule is O=C(Nc1nc(C2CC2)cs1)c1ccc2c(c1)CNCC2. The number of fused-ring (bicyclic) bond motifs is 1. The number of benzene rings is 1. The average molecular weight is 299 g/mol. The summed E-state index contributed by atoms with van der Waals surface area (Å²) in [7, 11) is 0. The molecule has 0 spiro atoms. The molecular formula is C16H17N3OS. The first-order valence-corrected chi connectivity index (χ1v) is 8.27. The Labute approximate surface area is 127 Å². The van der Waals surface area contributed by atoms with Crippen LogP contribution < -0.4 is 10.6 Å². The standard InChI is InChI=1S/C16H17N3OS/c20-15(19-16-18-14(9-21-16)11-2-3-11)12-4-1-10-5-6-17-8-13(10)7-12/h1,4,7,9,11,17H,2-3,5-6,8H2,(H,18,19,20). The molecule has 1 aliphatic carbocycles. The number of carbonyl (C=O) groups excluding carboxylic acids is 1. The van der Waals surface area contributed by atoms with E-state index in [1.807, 2.05) is 12.1 Å². The number of nitrogens with zero attached hydrogens (tertiary/aromatic N) is 1. The zero-order valence-electron chi connectivity index (χ0n) is 11.7. The smallest absolute Gasteiger partial charge is 0.257 e. The first-order valence-electron chi connectivity index (χ1n) is 7.39. The largest absolute Gasteiger partial charge is 0.312 e. The number of hydrogen-bond acceptors (Lipinski definition) is 4. The molecule has 0 radical (unpaired) electrons. The van der Waals surface area contributed by atoms with Crippen LogP contribution >= 0.6 is 11.3 Å². The summed E-state index contributed by atoms with van der Waals surface area (Å²) in [5, 5.41) is 9.02. The maximum absolute atomic E-state index is 12.3. The number of rotatable bonds is 3. The normalized spacial score (nSPS) is 17.3. The molecular weight excluding hydrogens is 282 g/mol. The second-order valence-corrected chi connectivity index (χ2v) is 6.57. The third-order valence-corrected chi connectivity index (χ3v) is 4.87. The van der Waals surface area contributed by atoms with E-state index in [0.29, 0.717) is 16.6 Å². The summed E-state index contributed by atoms with van der Waals surface area (Å²) in [6, 6.07) is 5.98. The number of anilines is 1. The maximum Gasteiger partial charge on any atom is 0.257 e. The Kier molecular flexibility index (Phi) is 3.24. The van der Waals surface area contributed by atoms with Crippen molar-refractivity contribution in [2.75, 3.05) is 11.9 Å². The summed E-state index contributed by atoms with van der Waals surface area (Å²) in [6.45, 7) is 1.86. The van der Waals surface area contributed by atoms with E-state index in [4.69, 9.17) is 0 Å². The minimum Gasteiger partial charge on any atom is -0.312 e. The van der Waals surface area contributed by atoms with E-state index in [1.54, 1.807) is 0 Å². The van der Waals surface area contributed by atoms with Crippen LogP contribution in [-0.4, -0.2) is 17.4 Å². The minimum atomic E-state index is -0.0694. The van der Waals surface area contributed by atoms with Crippen LogP contribution in [-0.2, 0) is 13.0 Å². The zero-order valence-corrected chi connectivity index (χ0v) is 12.5. The summed E-state index contributed by atoms with van der Waals surface area (Å²) in [4.78, 5) is 16.8. The molecule has 21 heavy (non-hydrogen) atoms. The molecule has 4 nitrogen and oxygen atoms in total. The number of nitrogens with one attached hydrogen (secondary N) is 2. The molecule has 1 amide bonds. The van der Waals surface area contributed by atoms with Crippen molar-refractivity contribution in [3.8, 4) is 0 Å². The lowest BCUT2D eigenvalue weighted by atomic mass is 9.98. The maximum atomic E-state index is 12.3. The van der Waals surface area contributed by atoms with Crippen molar-refractivity contribution >= 4 is 22.4 Å². The van der Waals surface area contributed by atoms with Crippen LogP contribution in [0.4, 0.5) is 5.13 Å². The molecule has 108 valence electrons. The molecule has 4 rings (SSSR count). The van der Waals surface area contributed by atoms with Crippen molar-refractivity contribution < 1.29 is 4.79 Å². The molecule has 2 heterocycles. The Morgan fingerprint density at radius 1 is 1.33 bits per heavy atom. The lowest BCUT2D eigenvalue weighted by Gasteiger charge is -2.17. The van der Waals surface area contributed by atoms with Crippen molar-refractivity contribution in [3.63, 3.8) is 0 Å². The highest BCUT2D eigenvalue weighted by atomic mass is 32.1. The number of aromatic nitrogens is 1. The van der Waals surface area contributed by atoms with Crippen LogP contribution in [0.2, 0.25) is 0 Å². The highest BCUT2D eigenvalue weighted by Gasteiger charge is 2.26. The molecule has 2 aromatic rings. The molecule has 2 N–H and O–H groups in total. The summed E-state index contributed by atoms with van der Waals surface area (Å²) in [5.74, 6) is 0.557.